The molecular weight excluding hydrogens is 260 g/mol. The van der Waals surface area contributed by atoms with E-state index in [9.17, 15) is 4.79 Å². The van der Waals surface area contributed by atoms with Crippen LogP contribution in [0.1, 0.15) is 20.3 Å². The Hall–Kier alpha value is -0.170. The summed E-state index contributed by atoms with van der Waals surface area (Å²) in [5, 5.41) is 18.0. The third kappa shape index (κ3) is 1.80. The average Bonchev–Trinajstić information content (AvgIpc) is 2.45. The summed E-state index contributed by atoms with van der Waals surface area (Å²) >= 11 is 16.8. The van der Waals surface area contributed by atoms with Crippen LogP contribution in [0, 0.1) is 28.1 Å². The largest absolute Gasteiger partial charge is 0.480 e. The summed E-state index contributed by atoms with van der Waals surface area (Å²) in [7, 11) is 0. The molecule has 0 aromatic heterocycles. The first-order valence-electron chi connectivity index (χ1n) is 4.31. The number of nitriles is 1. The van der Waals surface area contributed by atoms with E-state index in [1.54, 1.807) is 13.8 Å². The topological polar surface area (TPSA) is 61.1 Å². The minimum atomic E-state index is -1.52. The lowest BCUT2D eigenvalue weighted by molar-refractivity contribution is -0.142. The molecule has 1 fully saturated rings. The summed E-state index contributed by atoms with van der Waals surface area (Å²) in [5.74, 6) is -1.57. The van der Waals surface area contributed by atoms with Crippen molar-refractivity contribution in [2.75, 3.05) is 0 Å². The molecule has 1 rings (SSSR count). The van der Waals surface area contributed by atoms with Crippen LogP contribution in [0.5, 0.6) is 0 Å². The van der Waals surface area contributed by atoms with Gasteiger partial charge >= 0.3 is 5.97 Å². The Kier molecular flexibility index (Phi) is 2.93. The van der Waals surface area contributed by atoms with Gasteiger partial charge < -0.3 is 5.11 Å². The number of alkyl halides is 3. The zero-order valence-electron chi connectivity index (χ0n) is 8.22. The van der Waals surface area contributed by atoms with E-state index < -0.39 is 26.5 Å². The minimum Gasteiger partial charge on any atom is -0.480 e. The van der Waals surface area contributed by atoms with Crippen molar-refractivity contribution in [2.45, 2.75) is 24.1 Å². The van der Waals surface area contributed by atoms with Gasteiger partial charge in [-0.25, -0.2) is 0 Å². The minimum absolute atomic E-state index is 0.0739. The summed E-state index contributed by atoms with van der Waals surface area (Å²) in [6.45, 7) is 3.40. The van der Waals surface area contributed by atoms with E-state index in [0.29, 0.717) is 0 Å². The molecule has 0 unspecified atom stereocenters. The summed E-state index contributed by atoms with van der Waals surface area (Å²) in [6, 6.07) is 1.84. The summed E-state index contributed by atoms with van der Waals surface area (Å²) < 4.78 is -1.52. The first-order valence-corrected chi connectivity index (χ1v) is 5.44. The van der Waals surface area contributed by atoms with E-state index in [-0.39, 0.29) is 6.42 Å². The SMILES string of the molecule is CC1(C)[C@@H](CC(Cl)(Cl)Cl)[C@]1(C#N)C(=O)O. The molecule has 0 aliphatic heterocycles. The molecule has 0 bridgehead atoms. The van der Waals surface area contributed by atoms with Gasteiger partial charge in [0.1, 0.15) is 0 Å². The predicted octanol–water partition coefficient (Wildman–Crippen LogP) is 3.00. The van der Waals surface area contributed by atoms with Gasteiger partial charge in [-0.15, -0.1) is 0 Å². The maximum atomic E-state index is 11.1. The van der Waals surface area contributed by atoms with E-state index >= 15 is 0 Å². The summed E-state index contributed by atoms with van der Waals surface area (Å²) in [6.07, 6.45) is 0.0739. The predicted molar refractivity (Wildman–Crippen MR) is 57.9 cm³/mol. The Labute approximate surface area is 103 Å². The zero-order chi connectivity index (χ0) is 12.1. The Morgan fingerprint density at radius 1 is 1.53 bits per heavy atom. The first kappa shape index (κ1) is 12.9. The van der Waals surface area contributed by atoms with Crippen LogP contribution in [0.25, 0.3) is 0 Å². The van der Waals surface area contributed by atoms with Crippen molar-refractivity contribution in [3.05, 3.63) is 0 Å². The molecule has 0 amide bonds. The Morgan fingerprint density at radius 3 is 2.20 bits per heavy atom. The molecular formula is C9H10Cl3NO2. The number of carboxylic acid groups (broad SMARTS) is 1. The highest BCUT2D eigenvalue weighted by Crippen LogP contribution is 2.71. The van der Waals surface area contributed by atoms with E-state index in [0.717, 1.165) is 0 Å². The van der Waals surface area contributed by atoms with Crippen LogP contribution >= 0.6 is 34.8 Å². The van der Waals surface area contributed by atoms with Crippen LogP contribution < -0.4 is 0 Å². The average molecular weight is 271 g/mol. The standard InChI is InChI=1S/C9H10Cl3NO2/c1-7(2)5(3-9(10,11)12)8(7,4-13)6(14)15/h5H,3H2,1-2H3,(H,14,15)/t5-,8-/m1/s1. The van der Waals surface area contributed by atoms with Crippen molar-refractivity contribution in [2.24, 2.45) is 16.7 Å². The van der Waals surface area contributed by atoms with Crippen LogP contribution in [0.3, 0.4) is 0 Å². The highest BCUT2D eigenvalue weighted by atomic mass is 35.6. The summed E-state index contributed by atoms with van der Waals surface area (Å²) in [5.41, 5.74) is -2.07. The maximum Gasteiger partial charge on any atom is 0.324 e. The van der Waals surface area contributed by atoms with Gasteiger partial charge in [-0.1, -0.05) is 48.7 Å². The van der Waals surface area contributed by atoms with Crippen LogP contribution in [-0.2, 0) is 4.79 Å². The van der Waals surface area contributed by atoms with Crippen molar-refractivity contribution in [1.29, 1.82) is 5.26 Å². The molecule has 1 saturated carbocycles. The van der Waals surface area contributed by atoms with Crippen LogP contribution in [0.15, 0.2) is 0 Å². The first-order chi connectivity index (χ1) is 6.59. The van der Waals surface area contributed by atoms with Crippen LogP contribution in [0.2, 0.25) is 0 Å². The van der Waals surface area contributed by atoms with Gasteiger partial charge in [-0.05, 0) is 11.8 Å². The molecule has 15 heavy (non-hydrogen) atoms. The van der Waals surface area contributed by atoms with E-state index in [1.807, 2.05) is 6.07 Å². The molecule has 1 N–H and O–H groups in total. The second kappa shape index (κ2) is 3.41. The lowest BCUT2D eigenvalue weighted by atomic mass is 9.98. The van der Waals surface area contributed by atoms with Gasteiger partial charge in [0.25, 0.3) is 0 Å². The number of carbonyl (C=O) groups is 1. The molecule has 0 saturated heterocycles. The molecule has 6 heteroatoms. The number of rotatable bonds is 2. The summed E-state index contributed by atoms with van der Waals surface area (Å²) in [4.78, 5) is 11.1. The van der Waals surface area contributed by atoms with Crippen LogP contribution in [-0.4, -0.2) is 14.9 Å². The molecule has 1 aliphatic carbocycles. The monoisotopic (exact) mass is 269 g/mol. The van der Waals surface area contributed by atoms with Crippen molar-refractivity contribution in [1.82, 2.24) is 0 Å². The quantitative estimate of drug-likeness (QED) is 0.785. The lowest BCUT2D eigenvalue weighted by Crippen LogP contribution is -2.20. The Bertz CT molecular complexity index is 342. The number of halogens is 3. The van der Waals surface area contributed by atoms with E-state index in [4.69, 9.17) is 45.2 Å². The maximum absolute atomic E-state index is 11.1. The van der Waals surface area contributed by atoms with E-state index in [2.05, 4.69) is 0 Å². The molecule has 3 nitrogen and oxygen atoms in total. The number of nitrogens with zero attached hydrogens (tertiary/aromatic N) is 1. The van der Waals surface area contributed by atoms with Crippen molar-refractivity contribution in [3.63, 3.8) is 0 Å². The number of carboxylic acids is 1. The number of hydrogen-bond acceptors (Lipinski definition) is 2. The lowest BCUT2D eigenvalue weighted by Gasteiger charge is -2.10. The molecule has 2 atom stereocenters. The van der Waals surface area contributed by atoms with Gasteiger partial charge in [0, 0.05) is 5.92 Å². The van der Waals surface area contributed by atoms with Crippen molar-refractivity contribution in [3.8, 4) is 6.07 Å². The molecule has 0 radical (unpaired) electrons. The van der Waals surface area contributed by atoms with Gasteiger partial charge in [-0.3, -0.25) is 4.79 Å². The molecule has 84 valence electrons. The fourth-order valence-electron chi connectivity index (χ4n) is 2.20. The van der Waals surface area contributed by atoms with Crippen LogP contribution in [0.4, 0.5) is 0 Å². The second-order valence-corrected chi connectivity index (χ2v) is 6.83. The Morgan fingerprint density at radius 2 is 2.00 bits per heavy atom. The van der Waals surface area contributed by atoms with Crippen molar-refractivity contribution >= 4 is 40.8 Å². The van der Waals surface area contributed by atoms with Gasteiger partial charge in [0.05, 0.1) is 6.07 Å². The fraction of sp³-hybridized carbons (Fsp3) is 0.778. The third-order valence-corrected chi connectivity index (χ3v) is 3.74. The molecule has 1 aliphatic rings. The molecule has 0 aromatic rings. The third-order valence-electron chi connectivity index (χ3n) is 3.28. The number of hydrogen-bond donors (Lipinski definition) is 1. The van der Waals surface area contributed by atoms with Gasteiger partial charge in [0.15, 0.2) is 9.21 Å². The number of aliphatic carboxylic acids is 1. The zero-order valence-corrected chi connectivity index (χ0v) is 10.5. The van der Waals surface area contributed by atoms with Gasteiger partial charge in [-0.2, -0.15) is 5.26 Å². The smallest absolute Gasteiger partial charge is 0.324 e. The molecule has 0 heterocycles. The van der Waals surface area contributed by atoms with E-state index in [1.165, 1.54) is 0 Å². The highest BCUT2D eigenvalue weighted by Gasteiger charge is 2.77. The molecule has 0 spiro atoms. The normalized spacial score (nSPS) is 33.2. The fourth-order valence-corrected chi connectivity index (χ4v) is 2.67. The van der Waals surface area contributed by atoms with Crippen molar-refractivity contribution < 1.29 is 9.90 Å². The Balaban J connectivity index is 2.97. The van der Waals surface area contributed by atoms with Gasteiger partial charge in [0.2, 0.25) is 0 Å². The second-order valence-electron chi connectivity index (χ2n) is 4.32. The molecule has 0 aromatic carbocycles. The highest BCUT2D eigenvalue weighted by molar-refractivity contribution is 6.67.